The van der Waals surface area contributed by atoms with Gasteiger partial charge in [0.2, 0.25) is 15.9 Å². The third-order valence-electron chi connectivity index (χ3n) is 4.28. The molecule has 0 bridgehead atoms. The number of aryl methyl sites for hydroxylation is 2. The minimum atomic E-state index is -3.89. The van der Waals surface area contributed by atoms with E-state index in [4.69, 9.17) is 16.3 Å². The lowest BCUT2D eigenvalue weighted by Gasteiger charge is -2.21. The third kappa shape index (κ3) is 5.72. The topological polar surface area (TPSA) is 75.7 Å². The molecule has 1 amide bonds. The highest BCUT2D eigenvalue weighted by molar-refractivity contribution is 9.10. The highest BCUT2D eigenvalue weighted by atomic mass is 79.9. The summed E-state index contributed by atoms with van der Waals surface area (Å²) in [5, 5.41) is 3.02. The molecule has 29 heavy (non-hydrogen) atoms. The van der Waals surface area contributed by atoms with Gasteiger partial charge in [0.25, 0.3) is 0 Å². The Balaban J connectivity index is 2.22. The van der Waals surface area contributed by atoms with Crippen LogP contribution in [-0.2, 0) is 14.8 Å². The highest BCUT2D eigenvalue weighted by Crippen LogP contribution is 2.29. The first-order valence-corrected chi connectivity index (χ1v) is 11.7. The number of carbonyl (C=O) groups excluding carboxylic acids is 1. The number of likely N-dealkylation sites (N-methyl/N-ethyl adjacent to an activating group) is 1. The molecule has 2 aromatic rings. The van der Waals surface area contributed by atoms with Gasteiger partial charge in [-0.25, -0.2) is 8.42 Å². The molecule has 0 radical (unpaired) electrons. The fourth-order valence-electron chi connectivity index (χ4n) is 2.88. The van der Waals surface area contributed by atoms with Gasteiger partial charge in [0.05, 0.1) is 23.1 Å². The predicted octanol–water partition coefficient (Wildman–Crippen LogP) is 4.77. The van der Waals surface area contributed by atoms with Crippen LogP contribution in [0.5, 0.6) is 5.75 Å². The molecule has 0 heterocycles. The molecule has 6 nitrogen and oxygen atoms in total. The van der Waals surface area contributed by atoms with Gasteiger partial charge in [-0.2, -0.15) is 4.31 Å². The average molecular weight is 504 g/mol. The Morgan fingerprint density at radius 2 is 1.79 bits per heavy atom. The van der Waals surface area contributed by atoms with Crippen LogP contribution in [-0.4, -0.2) is 38.3 Å². The van der Waals surface area contributed by atoms with E-state index in [-0.39, 0.29) is 23.0 Å². The average Bonchev–Trinajstić information content (AvgIpc) is 2.64. The van der Waals surface area contributed by atoms with Gasteiger partial charge >= 0.3 is 0 Å². The van der Waals surface area contributed by atoms with E-state index in [9.17, 15) is 13.2 Å². The summed E-state index contributed by atoms with van der Waals surface area (Å²) in [7, 11) is -3.89. The summed E-state index contributed by atoms with van der Waals surface area (Å²) in [5.41, 5.74) is 2.44. The number of benzene rings is 2. The number of nitrogens with zero attached hydrogens (tertiary/aromatic N) is 1. The predicted molar refractivity (Wildman–Crippen MR) is 119 cm³/mol. The van der Waals surface area contributed by atoms with Gasteiger partial charge in [-0.05, 0) is 62.2 Å². The number of hydrogen-bond donors (Lipinski definition) is 1. The van der Waals surface area contributed by atoms with Crippen molar-refractivity contribution in [1.29, 1.82) is 0 Å². The van der Waals surface area contributed by atoms with Crippen molar-refractivity contribution < 1.29 is 17.9 Å². The van der Waals surface area contributed by atoms with Crippen LogP contribution in [0.4, 0.5) is 5.69 Å². The molecule has 158 valence electrons. The van der Waals surface area contributed by atoms with Crippen molar-refractivity contribution in [3.05, 3.63) is 51.0 Å². The zero-order chi connectivity index (χ0) is 21.8. The number of sulfonamides is 1. The molecule has 0 atom stereocenters. The van der Waals surface area contributed by atoms with E-state index in [1.54, 1.807) is 6.92 Å². The van der Waals surface area contributed by atoms with E-state index >= 15 is 0 Å². The van der Waals surface area contributed by atoms with Crippen LogP contribution in [0.25, 0.3) is 0 Å². The number of carbonyl (C=O) groups is 1. The molecular weight excluding hydrogens is 480 g/mol. The molecule has 0 fully saturated rings. The molecule has 2 rings (SSSR count). The van der Waals surface area contributed by atoms with Gasteiger partial charge in [0.1, 0.15) is 5.75 Å². The number of hydrogen-bond acceptors (Lipinski definition) is 4. The van der Waals surface area contributed by atoms with E-state index in [1.807, 2.05) is 32.9 Å². The number of ether oxygens (including phenoxy) is 1. The number of rotatable bonds is 8. The summed E-state index contributed by atoms with van der Waals surface area (Å²) in [5.74, 6) is -0.00363. The molecule has 1 N–H and O–H groups in total. The molecule has 0 saturated heterocycles. The summed E-state index contributed by atoms with van der Waals surface area (Å²) >= 11 is 9.55. The van der Waals surface area contributed by atoms with E-state index in [2.05, 4.69) is 21.2 Å². The minimum Gasteiger partial charge on any atom is -0.492 e. The van der Waals surface area contributed by atoms with Crippen LogP contribution in [0.2, 0.25) is 5.02 Å². The molecule has 0 aliphatic rings. The fraction of sp³-hybridized carbons (Fsp3) is 0.350. The van der Waals surface area contributed by atoms with Crippen molar-refractivity contribution in [3.63, 3.8) is 0 Å². The Bertz CT molecular complexity index is 989. The van der Waals surface area contributed by atoms with E-state index < -0.39 is 15.9 Å². The molecule has 0 unspecified atom stereocenters. The first-order valence-electron chi connectivity index (χ1n) is 9.09. The molecule has 0 saturated carbocycles. The van der Waals surface area contributed by atoms with Gasteiger partial charge in [-0.1, -0.05) is 34.5 Å². The van der Waals surface area contributed by atoms with Gasteiger partial charge in [-0.15, -0.1) is 0 Å². The molecular formula is C20H24BrClN2O4S. The van der Waals surface area contributed by atoms with Crippen LogP contribution >= 0.6 is 27.5 Å². The second-order valence-corrected chi connectivity index (χ2v) is 9.68. The van der Waals surface area contributed by atoms with Crippen molar-refractivity contribution in [3.8, 4) is 5.75 Å². The minimum absolute atomic E-state index is 0.0107. The molecule has 2 aromatic carbocycles. The SMILES string of the molecule is CCOc1ccc(S(=O)(=O)N(CC)CC(=O)Nc2c(C)cc(Br)cc2C)cc1Cl. The van der Waals surface area contributed by atoms with Crippen LogP contribution < -0.4 is 10.1 Å². The molecule has 0 spiro atoms. The second-order valence-electron chi connectivity index (χ2n) is 6.42. The zero-order valence-electron chi connectivity index (χ0n) is 16.8. The summed E-state index contributed by atoms with van der Waals surface area (Å²) in [6.07, 6.45) is 0. The maximum absolute atomic E-state index is 13.0. The number of amides is 1. The largest absolute Gasteiger partial charge is 0.492 e. The third-order valence-corrected chi connectivity index (χ3v) is 6.95. The highest BCUT2D eigenvalue weighted by Gasteiger charge is 2.26. The number of anilines is 1. The number of nitrogens with one attached hydrogen (secondary N) is 1. The summed E-state index contributed by atoms with van der Waals surface area (Å²) in [6.45, 7) is 7.50. The molecule has 9 heteroatoms. The standard InChI is InChI=1S/C20H24BrClN2O4S/c1-5-24(12-19(25)23-20-13(3)9-15(21)10-14(20)4)29(26,27)16-7-8-18(28-6-2)17(22)11-16/h7-11H,5-6,12H2,1-4H3,(H,23,25). The first-order chi connectivity index (χ1) is 13.6. The summed E-state index contributed by atoms with van der Waals surface area (Å²) in [6, 6.07) is 8.06. The smallest absolute Gasteiger partial charge is 0.243 e. The second kappa shape index (κ2) is 9.93. The molecule has 0 aliphatic carbocycles. The Hall–Kier alpha value is -1.61. The van der Waals surface area contributed by atoms with Gasteiger partial charge < -0.3 is 10.1 Å². The Kier molecular flexibility index (Phi) is 8.10. The normalized spacial score (nSPS) is 11.6. The lowest BCUT2D eigenvalue weighted by atomic mass is 10.1. The van der Waals surface area contributed by atoms with Crippen molar-refractivity contribution in [2.24, 2.45) is 0 Å². The monoisotopic (exact) mass is 502 g/mol. The first kappa shape index (κ1) is 23.7. The van der Waals surface area contributed by atoms with Crippen LogP contribution in [0.1, 0.15) is 25.0 Å². The maximum Gasteiger partial charge on any atom is 0.243 e. The van der Waals surface area contributed by atoms with E-state index in [1.165, 1.54) is 18.2 Å². The molecule has 0 aliphatic heterocycles. The Labute approximate surface area is 185 Å². The van der Waals surface area contributed by atoms with Crippen LogP contribution in [0, 0.1) is 13.8 Å². The number of halogens is 2. The lowest BCUT2D eigenvalue weighted by molar-refractivity contribution is -0.116. The van der Waals surface area contributed by atoms with Crippen molar-refractivity contribution in [2.45, 2.75) is 32.6 Å². The van der Waals surface area contributed by atoms with Crippen molar-refractivity contribution in [1.82, 2.24) is 4.31 Å². The van der Waals surface area contributed by atoms with Crippen molar-refractivity contribution in [2.75, 3.05) is 25.0 Å². The van der Waals surface area contributed by atoms with Crippen LogP contribution in [0.3, 0.4) is 0 Å². The summed E-state index contributed by atoms with van der Waals surface area (Å²) < 4.78 is 33.3. The summed E-state index contributed by atoms with van der Waals surface area (Å²) in [4.78, 5) is 12.6. The van der Waals surface area contributed by atoms with Gasteiger partial charge in [0.15, 0.2) is 0 Å². The van der Waals surface area contributed by atoms with Gasteiger partial charge in [0, 0.05) is 16.7 Å². The molecule has 0 aromatic heterocycles. The Morgan fingerprint density at radius 1 is 1.17 bits per heavy atom. The van der Waals surface area contributed by atoms with Crippen molar-refractivity contribution >= 4 is 49.1 Å². The van der Waals surface area contributed by atoms with Crippen LogP contribution in [0.15, 0.2) is 39.7 Å². The quantitative estimate of drug-likeness (QED) is 0.563. The van der Waals surface area contributed by atoms with E-state index in [0.717, 1.165) is 19.9 Å². The van der Waals surface area contributed by atoms with Gasteiger partial charge in [-0.3, -0.25) is 4.79 Å². The van der Waals surface area contributed by atoms with E-state index in [0.29, 0.717) is 18.0 Å². The lowest BCUT2D eigenvalue weighted by Crippen LogP contribution is -2.38. The Morgan fingerprint density at radius 3 is 2.31 bits per heavy atom. The maximum atomic E-state index is 13.0. The fourth-order valence-corrected chi connectivity index (χ4v) is 5.30. The zero-order valence-corrected chi connectivity index (χ0v) is 19.9.